The van der Waals surface area contributed by atoms with Crippen molar-refractivity contribution in [2.75, 3.05) is 6.61 Å². The molecule has 16 heavy (non-hydrogen) atoms. The zero-order valence-electron chi connectivity index (χ0n) is 8.53. The Morgan fingerprint density at radius 1 is 1.50 bits per heavy atom. The van der Waals surface area contributed by atoms with Crippen LogP contribution in [0.25, 0.3) is 0 Å². The fourth-order valence-electron chi connectivity index (χ4n) is 1.48. The molecule has 1 fully saturated rings. The number of halogens is 1. The predicted octanol–water partition coefficient (Wildman–Crippen LogP) is 0.786. The molecule has 0 saturated heterocycles. The van der Waals surface area contributed by atoms with Crippen molar-refractivity contribution < 1.29 is 19.4 Å². The molecule has 3 N–H and O–H groups in total. The van der Waals surface area contributed by atoms with Gasteiger partial charge in [-0.05, 0) is 25.0 Å². The van der Waals surface area contributed by atoms with E-state index in [1.54, 1.807) is 0 Å². The fourth-order valence-corrected chi connectivity index (χ4v) is 1.48. The van der Waals surface area contributed by atoms with Crippen molar-refractivity contribution in [3.05, 3.63) is 29.6 Å². The van der Waals surface area contributed by atoms with Crippen LogP contribution in [0.15, 0.2) is 18.2 Å². The molecule has 4 nitrogen and oxygen atoms in total. The second kappa shape index (κ2) is 3.75. The predicted molar refractivity (Wildman–Crippen MR) is 54.6 cm³/mol. The number of benzene rings is 1. The fraction of sp³-hybridized carbons (Fsp3) is 0.364. The number of rotatable bonds is 3. The molecule has 2 rings (SSSR count). The Labute approximate surface area is 91.7 Å². The monoisotopic (exact) mass is 225 g/mol. The Balaban J connectivity index is 2.15. The number of carbonyl (C=O) groups is 1. The SMILES string of the molecule is O=C(NC1(CO)CC1)c1ccc(F)cc1O. The second-order valence-electron chi connectivity index (χ2n) is 4.05. The van der Waals surface area contributed by atoms with Gasteiger partial charge in [0.25, 0.3) is 5.91 Å². The third kappa shape index (κ3) is 1.99. The molecule has 86 valence electrons. The minimum Gasteiger partial charge on any atom is -0.507 e. The largest absolute Gasteiger partial charge is 0.507 e. The molecule has 5 heteroatoms. The first-order valence-electron chi connectivity index (χ1n) is 4.98. The summed E-state index contributed by atoms with van der Waals surface area (Å²) in [5.41, 5.74) is -0.529. The quantitative estimate of drug-likeness (QED) is 0.712. The van der Waals surface area contributed by atoms with E-state index in [1.165, 1.54) is 6.07 Å². The first-order valence-corrected chi connectivity index (χ1v) is 4.98. The maximum absolute atomic E-state index is 12.7. The summed E-state index contributed by atoms with van der Waals surface area (Å²) in [5.74, 6) is -1.49. The smallest absolute Gasteiger partial charge is 0.255 e. The Bertz CT molecular complexity index is 429. The van der Waals surface area contributed by atoms with Crippen LogP contribution in [0.5, 0.6) is 5.75 Å². The van der Waals surface area contributed by atoms with E-state index in [2.05, 4.69) is 5.32 Å². The van der Waals surface area contributed by atoms with Gasteiger partial charge in [-0.1, -0.05) is 0 Å². The van der Waals surface area contributed by atoms with Gasteiger partial charge in [0.2, 0.25) is 0 Å². The third-order valence-electron chi connectivity index (χ3n) is 2.74. The number of aromatic hydroxyl groups is 1. The second-order valence-corrected chi connectivity index (χ2v) is 4.05. The average molecular weight is 225 g/mol. The molecule has 1 aromatic rings. The molecule has 0 aromatic heterocycles. The first-order chi connectivity index (χ1) is 7.56. The van der Waals surface area contributed by atoms with E-state index in [4.69, 9.17) is 5.11 Å². The van der Waals surface area contributed by atoms with E-state index >= 15 is 0 Å². The number of hydrogen-bond acceptors (Lipinski definition) is 3. The van der Waals surface area contributed by atoms with Crippen molar-refractivity contribution in [2.24, 2.45) is 0 Å². The molecule has 0 radical (unpaired) electrons. The number of phenols is 1. The summed E-state index contributed by atoms with van der Waals surface area (Å²) < 4.78 is 12.7. The summed E-state index contributed by atoms with van der Waals surface area (Å²) in [5, 5.41) is 21.0. The van der Waals surface area contributed by atoms with Gasteiger partial charge in [-0.25, -0.2) is 4.39 Å². The summed E-state index contributed by atoms with van der Waals surface area (Å²) >= 11 is 0. The molecule has 1 saturated carbocycles. The van der Waals surface area contributed by atoms with Gasteiger partial charge in [0, 0.05) is 6.07 Å². The van der Waals surface area contributed by atoms with Crippen LogP contribution in [0.3, 0.4) is 0 Å². The maximum Gasteiger partial charge on any atom is 0.255 e. The summed E-state index contributed by atoms with van der Waals surface area (Å²) in [7, 11) is 0. The van der Waals surface area contributed by atoms with E-state index in [0.717, 1.165) is 25.0 Å². The van der Waals surface area contributed by atoms with E-state index in [-0.39, 0.29) is 12.2 Å². The van der Waals surface area contributed by atoms with Crippen molar-refractivity contribution in [1.82, 2.24) is 5.32 Å². The molecule has 1 aliphatic carbocycles. The van der Waals surface area contributed by atoms with Gasteiger partial charge < -0.3 is 15.5 Å². The van der Waals surface area contributed by atoms with Crippen LogP contribution in [-0.2, 0) is 0 Å². The lowest BCUT2D eigenvalue weighted by atomic mass is 10.1. The van der Waals surface area contributed by atoms with Crippen LogP contribution in [-0.4, -0.2) is 28.3 Å². The molecule has 1 amide bonds. The molecule has 0 atom stereocenters. The number of carbonyl (C=O) groups excluding carboxylic acids is 1. The first kappa shape index (κ1) is 10.9. The summed E-state index contributed by atoms with van der Waals surface area (Å²) in [6.45, 7) is -0.124. The Hall–Kier alpha value is -1.62. The lowest BCUT2D eigenvalue weighted by Crippen LogP contribution is -2.39. The van der Waals surface area contributed by atoms with Crippen LogP contribution in [0.2, 0.25) is 0 Å². The van der Waals surface area contributed by atoms with E-state index in [9.17, 15) is 14.3 Å². The molecule has 0 aliphatic heterocycles. The third-order valence-corrected chi connectivity index (χ3v) is 2.74. The van der Waals surface area contributed by atoms with Gasteiger partial charge in [0.1, 0.15) is 11.6 Å². The highest BCUT2D eigenvalue weighted by molar-refractivity contribution is 5.97. The number of nitrogens with one attached hydrogen (secondary N) is 1. The van der Waals surface area contributed by atoms with Crippen molar-refractivity contribution in [3.8, 4) is 5.75 Å². The molecule has 0 spiro atoms. The lowest BCUT2D eigenvalue weighted by Gasteiger charge is -2.14. The van der Waals surface area contributed by atoms with Crippen molar-refractivity contribution >= 4 is 5.91 Å². The number of aliphatic hydroxyl groups is 1. The van der Waals surface area contributed by atoms with Gasteiger partial charge in [0.15, 0.2) is 0 Å². The molecular weight excluding hydrogens is 213 g/mol. The van der Waals surface area contributed by atoms with Gasteiger partial charge in [0.05, 0.1) is 17.7 Å². The Morgan fingerprint density at radius 2 is 2.19 bits per heavy atom. The van der Waals surface area contributed by atoms with Gasteiger partial charge in [-0.2, -0.15) is 0 Å². The average Bonchev–Trinajstić information content (AvgIpc) is 2.98. The molecule has 0 bridgehead atoms. The van der Waals surface area contributed by atoms with Crippen LogP contribution in [0.1, 0.15) is 23.2 Å². The Morgan fingerprint density at radius 3 is 2.69 bits per heavy atom. The van der Waals surface area contributed by atoms with Crippen LogP contribution < -0.4 is 5.32 Å². The van der Waals surface area contributed by atoms with Gasteiger partial charge >= 0.3 is 0 Å². The van der Waals surface area contributed by atoms with Crippen molar-refractivity contribution in [2.45, 2.75) is 18.4 Å². The van der Waals surface area contributed by atoms with E-state index in [0.29, 0.717) is 0 Å². The number of aliphatic hydroxyl groups excluding tert-OH is 1. The summed E-state index contributed by atoms with van der Waals surface area (Å²) in [4.78, 5) is 11.7. The highest BCUT2D eigenvalue weighted by atomic mass is 19.1. The highest BCUT2D eigenvalue weighted by Gasteiger charge is 2.43. The number of phenolic OH excluding ortho intramolecular Hbond substituents is 1. The van der Waals surface area contributed by atoms with Gasteiger partial charge in [-0.15, -0.1) is 0 Å². The minimum atomic E-state index is -0.600. The lowest BCUT2D eigenvalue weighted by molar-refractivity contribution is 0.0904. The zero-order valence-corrected chi connectivity index (χ0v) is 8.53. The van der Waals surface area contributed by atoms with Crippen LogP contribution in [0, 0.1) is 5.82 Å². The Kier molecular flexibility index (Phi) is 2.55. The molecule has 1 aromatic carbocycles. The molecule has 0 heterocycles. The molecule has 0 unspecified atom stereocenters. The molecule has 1 aliphatic rings. The van der Waals surface area contributed by atoms with Crippen LogP contribution in [0.4, 0.5) is 4.39 Å². The zero-order chi connectivity index (χ0) is 11.8. The van der Waals surface area contributed by atoms with E-state index in [1.807, 2.05) is 0 Å². The summed E-state index contributed by atoms with van der Waals surface area (Å²) in [6, 6.07) is 3.20. The standard InChI is InChI=1S/C11H12FNO3/c12-7-1-2-8(9(15)5-7)10(16)13-11(6-14)3-4-11/h1-2,5,14-15H,3-4,6H2,(H,13,16). The normalized spacial score (nSPS) is 16.9. The maximum atomic E-state index is 12.7. The number of amides is 1. The topological polar surface area (TPSA) is 69.6 Å². The highest BCUT2D eigenvalue weighted by Crippen LogP contribution is 2.35. The molecular formula is C11H12FNO3. The van der Waals surface area contributed by atoms with E-state index < -0.39 is 23.0 Å². The van der Waals surface area contributed by atoms with Crippen molar-refractivity contribution in [3.63, 3.8) is 0 Å². The van der Waals surface area contributed by atoms with Crippen molar-refractivity contribution in [1.29, 1.82) is 0 Å². The summed E-state index contributed by atoms with van der Waals surface area (Å²) in [6.07, 6.45) is 1.44. The number of hydrogen-bond donors (Lipinski definition) is 3. The van der Waals surface area contributed by atoms with Gasteiger partial charge in [-0.3, -0.25) is 4.79 Å². The van der Waals surface area contributed by atoms with Crippen LogP contribution >= 0.6 is 0 Å². The minimum absolute atomic E-state index is 0.0149.